The molecule has 1 amide bonds. The minimum Gasteiger partial charge on any atom is -0.341 e. The summed E-state index contributed by atoms with van der Waals surface area (Å²) in [6.45, 7) is 8.12. The van der Waals surface area contributed by atoms with Crippen molar-refractivity contribution in [3.05, 3.63) is 0 Å². The van der Waals surface area contributed by atoms with E-state index in [0.29, 0.717) is 0 Å². The molecule has 4 nitrogen and oxygen atoms in total. The van der Waals surface area contributed by atoms with Gasteiger partial charge in [0.05, 0.1) is 6.04 Å². The highest BCUT2D eigenvalue weighted by Crippen LogP contribution is 2.16. The zero-order valence-corrected chi connectivity index (χ0v) is 11.8. The number of carbonyl (C=O) groups is 1. The van der Waals surface area contributed by atoms with Gasteiger partial charge in [-0.05, 0) is 39.7 Å². The fourth-order valence-corrected chi connectivity index (χ4v) is 3.09. The number of hydrogen-bond donors (Lipinski definition) is 2. The average Bonchev–Trinajstić information content (AvgIpc) is 2.63. The zero-order valence-electron chi connectivity index (χ0n) is 11.8. The van der Waals surface area contributed by atoms with Crippen LogP contribution in [-0.2, 0) is 4.79 Å². The molecule has 0 bridgehead atoms. The van der Waals surface area contributed by atoms with E-state index in [1.54, 1.807) is 0 Å². The van der Waals surface area contributed by atoms with E-state index >= 15 is 0 Å². The van der Waals surface area contributed by atoms with Gasteiger partial charge in [0.1, 0.15) is 0 Å². The van der Waals surface area contributed by atoms with Crippen LogP contribution in [0.2, 0.25) is 0 Å². The van der Waals surface area contributed by atoms with Crippen molar-refractivity contribution in [1.29, 1.82) is 0 Å². The van der Waals surface area contributed by atoms with Crippen molar-refractivity contribution in [2.45, 2.75) is 57.5 Å². The first-order chi connectivity index (χ1) is 8.61. The molecule has 0 aromatic carbocycles. The van der Waals surface area contributed by atoms with Crippen molar-refractivity contribution >= 4 is 5.91 Å². The van der Waals surface area contributed by atoms with E-state index in [0.717, 1.165) is 45.4 Å². The van der Waals surface area contributed by atoms with Crippen LogP contribution in [0.5, 0.6) is 0 Å². The van der Waals surface area contributed by atoms with Crippen LogP contribution in [0.15, 0.2) is 0 Å². The minimum absolute atomic E-state index is 0.0620. The van der Waals surface area contributed by atoms with Gasteiger partial charge in [-0.15, -0.1) is 0 Å². The Morgan fingerprint density at radius 1 is 1.28 bits per heavy atom. The molecule has 2 rings (SSSR count). The minimum atomic E-state index is -0.0620. The van der Waals surface area contributed by atoms with E-state index in [-0.39, 0.29) is 17.5 Å². The van der Waals surface area contributed by atoms with Crippen LogP contribution in [0.25, 0.3) is 0 Å². The van der Waals surface area contributed by atoms with E-state index in [1.165, 1.54) is 12.8 Å². The Bertz CT molecular complexity index is 279. The monoisotopic (exact) mass is 253 g/mol. The molecule has 2 fully saturated rings. The van der Waals surface area contributed by atoms with E-state index in [2.05, 4.69) is 22.5 Å². The van der Waals surface area contributed by atoms with Crippen molar-refractivity contribution < 1.29 is 4.79 Å². The standard InChI is InChI=1S/C14H27N3O/c1-12(16-14(2)7-8-15-11-14)13(18)17-9-5-3-4-6-10-17/h12,15-16H,3-11H2,1-2H3. The lowest BCUT2D eigenvalue weighted by molar-refractivity contribution is -0.133. The third-order valence-electron chi connectivity index (χ3n) is 4.22. The SMILES string of the molecule is CC(NC1(C)CCNC1)C(=O)N1CCCCCC1. The quantitative estimate of drug-likeness (QED) is 0.792. The summed E-state index contributed by atoms with van der Waals surface area (Å²) in [6.07, 6.45) is 5.97. The van der Waals surface area contributed by atoms with Crippen molar-refractivity contribution in [1.82, 2.24) is 15.5 Å². The third-order valence-corrected chi connectivity index (χ3v) is 4.22. The largest absolute Gasteiger partial charge is 0.341 e. The van der Waals surface area contributed by atoms with Gasteiger partial charge in [-0.3, -0.25) is 10.1 Å². The Kier molecular flexibility index (Phi) is 4.62. The molecule has 0 aliphatic carbocycles. The van der Waals surface area contributed by atoms with Crippen LogP contribution in [0.1, 0.15) is 46.0 Å². The summed E-state index contributed by atoms with van der Waals surface area (Å²) in [5.74, 6) is 0.282. The lowest BCUT2D eigenvalue weighted by Gasteiger charge is -2.31. The third kappa shape index (κ3) is 3.45. The van der Waals surface area contributed by atoms with Gasteiger partial charge in [0.25, 0.3) is 0 Å². The molecule has 0 radical (unpaired) electrons. The average molecular weight is 253 g/mol. The molecule has 104 valence electrons. The molecule has 4 heteroatoms. The van der Waals surface area contributed by atoms with Crippen molar-refractivity contribution in [3.63, 3.8) is 0 Å². The number of rotatable bonds is 3. The Morgan fingerprint density at radius 3 is 2.50 bits per heavy atom. The van der Waals surface area contributed by atoms with Gasteiger partial charge >= 0.3 is 0 Å². The predicted molar refractivity (Wildman–Crippen MR) is 73.5 cm³/mol. The van der Waals surface area contributed by atoms with Crippen molar-refractivity contribution in [2.75, 3.05) is 26.2 Å². The van der Waals surface area contributed by atoms with E-state index in [9.17, 15) is 4.79 Å². The van der Waals surface area contributed by atoms with Gasteiger partial charge in [-0.25, -0.2) is 0 Å². The predicted octanol–water partition coefficient (Wildman–Crippen LogP) is 1.12. The molecule has 18 heavy (non-hydrogen) atoms. The van der Waals surface area contributed by atoms with Crippen LogP contribution < -0.4 is 10.6 Å². The Balaban J connectivity index is 1.87. The van der Waals surface area contributed by atoms with Crippen LogP contribution in [-0.4, -0.2) is 48.6 Å². The van der Waals surface area contributed by atoms with Crippen LogP contribution in [0.3, 0.4) is 0 Å². The number of nitrogens with zero attached hydrogens (tertiary/aromatic N) is 1. The fourth-order valence-electron chi connectivity index (χ4n) is 3.09. The summed E-state index contributed by atoms with van der Waals surface area (Å²) in [4.78, 5) is 14.5. The number of nitrogens with one attached hydrogen (secondary N) is 2. The zero-order chi connectivity index (χ0) is 13.0. The molecule has 2 aliphatic rings. The molecule has 0 spiro atoms. The smallest absolute Gasteiger partial charge is 0.239 e. The maximum absolute atomic E-state index is 12.4. The molecule has 2 aliphatic heterocycles. The lowest BCUT2D eigenvalue weighted by atomic mass is 10.00. The Hall–Kier alpha value is -0.610. The first kappa shape index (κ1) is 13.8. The van der Waals surface area contributed by atoms with Gasteiger partial charge < -0.3 is 10.2 Å². The number of amides is 1. The van der Waals surface area contributed by atoms with Crippen LogP contribution in [0.4, 0.5) is 0 Å². The first-order valence-corrected chi connectivity index (χ1v) is 7.38. The summed E-state index contributed by atoms with van der Waals surface area (Å²) in [5.41, 5.74) is 0.0843. The second kappa shape index (κ2) is 6.02. The maximum atomic E-state index is 12.4. The van der Waals surface area contributed by atoms with Crippen LogP contribution in [0, 0.1) is 0 Å². The van der Waals surface area contributed by atoms with Gasteiger partial charge in [0.2, 0.25) is 5.91 Å². The normalized spacial score (nSPS) is 31.1. The highest BCUT2D eigenvalue weighted by atomic mass is 16.2. The fraction of sp³-hybridized carbons (Fsp3) is 0.929. The molecular formula is C14H27N3O. The van der Waals surface area contributed by atoms with Crippen molar-refractivity contribution in [3.8, 4) is 0 Å². The van der Waals surface area contributed by atoms with Crippen LogP contribution >= 0.6 is 0 Å². The Labute approximate surface area is 110 Å². The maximum Gasteiger partial charge on any atom is 0.239 e. The summed E-state index contributed by atoms with van der Waals surface area (Å²) >= 11 is 0. The molecule has 2 saturated heterocycles. The topological polar surface area (TPSA) is 44.4 Å². The molecule has 0 saturated carbocycles. The van der Waals surface area contributed by atoms with Crippen molar-refractivity contribution in [2.24, 2.45) is 0 Å². The second-order valence-corrected chi connectivity index (χ2v) is 6.09. The van der Waals surface area contributed by atoms with Gasteiger partial charge in [-0.1, -0.05) is 12.8 Å². The molecule has 2 heterocycles. The molecule has 2 unspecified atom stereocenters. The van der Waals surface area contributed by atoms with Gasteiger partial charge in [0, 0.05) is 25.2 Å². The summed E-state index contributed by atoms with van der Waals surface area (Å²) in [6, 6.07) is -0.0620. The van der Waals surface area contributed by atoms with Gasteiger partial charge in [0.15, 0.2) is 0 Å². The van der Waals surface area contributed by atoms with Gasteiger partial charge in [-0.2, -0.15) is 0 Å². The van der Waals surface area contributed by atoms with E-state index in [4.69, 9.17) is 0 Å². The number of likely N-dealkylation sites (tertiary alicyclic amines) is 1. The number of carbonyl (C=O) groups excluding carboxylic acids is 1. The summed E-state index contributed by atoms with van der Waals surface area (Å²) in [7, 11) is 0. The highest BCUT2D eigenvalue weighted by molar-refractivity contribution is 5.81. The molecule has 2 atom stereocenters. The molecule has 0 aromatic heterocycles. The highest BCUT2D eigenvalue weighted by Gasteiger charge is 2.32. The van der Waals surface area contributed by atoms with E-state index < -0.39 is 0 Å². The summed E-state index contributed by atoms with van der Waals surface area (Å²) < 4.78 is 0. The van der Waals surface area contributed by atoms with E-state index in [1.807, 2.05) is 6.92 Å². The molecule has 0 aromatic rings. The molecular weight excluding hydrogens is 226 g/mol. The first-order valence-electron chi connectivity index (χ1n) is 7.38. The molecule has 2 N–H and O–H groups in total. The summed E-state index contributed by atoms with van der Waals surface area (Å²) in [5, 5.41) is 6.88. The number of hydrogen-bond acceptors (Lipinski definition) is 3. The Morgan fingerprint density at radius 2 is 1.94 bits per heavy atom. The second-order valence-electron chi connectivity index (χ2n) is 6.09. The lowest BCUT2D eigenvalue weighted by Crippen LogP contribution is -2.54.